The molecule has 0 radical (unpaired) electrons. The topological polar surface area (TPSA) is 77.1 Å². The lowest BCUT2D eigenvalue weighted by Gasteiger charge is -2.06. The van der Waals surface area contributed by atoms with Crippen LogP contribution < -0.4 is 10.5 Å². The van der Waals surface area contributed by atoms with E-state index < -0.39 is 0 Å². The van der Waals surface area contributed by atoms with Crippen molar-refractivity contribution in [2.45, 2.75) is 6.61 Å². The van der Waals surface area contributed by atoms with Crippen LogP contribution >= 0.6 is 0 Å². The molecule has 0 bridgehead atoms. The molecule has 0 fully saturated rings. The number of nitrogens with one attached hydrogen (secondary N) is 1. The number of fused-ring (bicyclic) bond motifs is 1. The van der Waals surface area contributed by atoms with Gasteiger partial charge in [0, 0.05) is 28.7 Å². The maximum absolute atomic E-state index is 5.85. The number of rotatable bonds is 4. The van der Waals surface area contributed by atoms with Gasteiger partial charge in [-0.2, -0.15) is 4.98 Å². The molecule has 114 valence electrons. The Balaban J connectivity index is 1.59. The third-order valence-electron chi connectivity index (χ3n) is 3.70. The van der Waals surface area contributed by atoms with Gasteiger partial charge in [-0.05, 0) is 17.7 Å². The summed E-state index contributed by atoms with van der Waals surface area (Å²) in [4.78, 5) is 7.39. The van der Waals surface area contributed by atoms with Gasteiger partial charge in [0.05, 0.1) is 0 Å². The predicted octanol–water partition coefficient (Wildman–Crippen LogP) is 3.98. The first-order valence-electron chi connectivity index (χ1n) is 7.29. The number of hydrogen-bond donors (Lipinski definition) is 2. The van der Waals surface area contributed by atoms with Crippen LogP contribution in [0.4, 0.5) is 6.01 Å². The Morgan fingerprint density at radius 3 is 2.78 bits per heavy atom. The highest BCUT2D eigenvalue weighted by molar-refractivity contribution is 5.95. The molecule has 4 aromatic rings. The van der Waals surface area contributed by atoms with Gasteiger partial charge in [-0.1, -0.05) is 30.3 Å². The van der Waals surface area contributed by atoms with Gasteiger partial charge in [-0.15, -0.1) is 0 Å². The van der Waals surface area contributed by atoms with Crippen LogP contribution in [0.2, 0.25) is 0 Å². The fourth-order valence-corrected chi connectivity index (χ4v) is 2.56. The van der Waals surface area contributed by atoms with Crippen LogP contribution in [0.1, 0.15) is 5.56 Å². The Bertz CT molecular complexity index is 941. The third-order valence-corrected chi connectivity index (χ3v) is 3.70. The second kappa shape index (κ2) is 5.53. The molecule has 4 rings (SSSR count). The van der Waals surface area contributed by atoms with Crippen LogP contribution in [0.15, 0.2) is 65.4 Å². The average molecular weight is 305 g/mol. The summed E-state index contributed by atoms with van der Waals surface area (Å²) in [6.07, 6.45) is 3.45. The number of hydrogen-bond acceptors (Lipinski definition) is 4. The van der Waals surface area contributed by atoms with Gasteiger partial charge in [-0.3, -0.25) is 0 Å². The summed E-state index contributed by atoms with van der Waals surface area (Å²) in [6.45, 7) is 0.541. The number of nitrogens with two attached hydrogens (primary N) is 1. The first kappa shape index (κ1) is 13.5. The highest BCUT2D eigenvalue weighted by Gasteiger charge is 2.10. The quantitative estimate of drug-likeness (QED) is 0.598. The molecule has 0 aliphatic heterocycles. The van der Waals surface area contributed by atoms with E-state index in [0.29, 0.717) is 12.3 Å². The number of H-pyrrole nitrogens is 1. The van der Waals surface area contributed by atoms with Gasteiger partial charge >= 0.3 is 0 Å². The normalized spacial score (nSPS) is 11.0. The van der Waals surface area contributed by atoms with Crippen molar-refractivity contribution in [2.24, 2.45) is 0 Å². The number of oxazole rings is 1. The summed E-state index contributed by atoms with van der Waals surface area (Å²) >= 11 is 0. The number of aromatic amines is 1. The molecule has 2 aromatic heterocycles. The monoisotopic (exact) mass is 305 g/mol. The van der Waals surface area contributed by atoms with Crippen molar-refractivity contribution < 1.29 is 9.15 Å². The SMILES string of the molecule is Nc1nc(-c2c[nH]c3cc(OCc4ccccc4)ccc23)co1. The summed E-state index contributed by atoms with van der Waals surface area (Å²) in [5.41, 5.74) is 9.32. The highest BCUT2D eigenvalue weighted by atomic mass is 16.5. The van der Waals surface area contributed by atoms with Crippen LogP contribution in [0.3, 0.4) is 0 Å². The van der Waals surface area contributed by atoms with Crippen LogP contribution in [-0.2, 0) is 6.61 Å². The van der Waals surface area contributed by atoms with Crippen molar-refractivity contribution in [3.63, 3.8) is 0 Å². The van der Waals surface area contributed by atoms with Gasteiger partial charge in [0.1, 0.15) is 24.3 Å². The van der Waals surface area contributed by atoms with Gasteiger partial charge in [0.2, 0.25) is 0 Å². The van der Waals surface area contributed by atoms with Crippen LogP contribution in [-0.4, -0.2) is 9.97 Å². The van der Waals surface area contributed by atoms with Crippen molar-refractivity contribution >= 4 is 16.9 Å². The predicted molar refractivity (Wildman–Crippen MR) is 89.0 cm³/mol. The summed E-state index contributed by atoms with van der Waals surface area (Å²) < 4.78 is 10.9. The molecule has 3 N–H and O–H groups in total. The third kappa shape index (κ3) is 2.64. The molecule has 23 heavy (non-hydrogen) atoms. The largest absolute Gasteiger partial charge is 0.489 e. The Labute approximate surface area is 132 Å². The van der Waals surface area contributed by atoms with Crippen LogP contribution in [0.25, 0.3) is 22.2 Å². The zero-order chi connectivity index (χ0) is 15.6. The molecule has 0 amide bonds. The minimum atomic E-state index is 0.164. The van der Waals surface area contributed by atoms with Gasteiger partial charge in [-0.25, -0.2) is 0 Å². The molecule has 2 heterocycles. The molecule has 5 heteroatoms. The zero-order valence-electron chi connectivity index (χ0n) is 12.3. The van der Waals surface area contributed by atoms with E-state index in [0.717, 1.165) is 27.8 Å². The van der Waals surface area contributed by atoms with Crippen molar-refractivity contribution in [1.82, 2.24) is 9.97 Å². The first-order chi connectivity index (χ1) is 11.3. The smallest absolute Gasteiger partial charge is 0.292 e. The van der Waals surface area contributed by atoms with Gasteiger partial charge in [0.15, 0.2) is 0 Å². The number of ether oxygens (including phenoxy) is 1. The van der Waals surface area contributed by atoms with Crippen molar-refractivity contribution in [2.75, 3.05) is 5.73 Å². The lowest BCUT2D eigenvalue weighted by molar-refractivity contribution is 0.306. The Morgan fingerprint density at radius 1 is 1.13 bits per heavy atom. The lowest BCUT2D eigenvalue weighted by atomic mass is 10.1. The van der Waals surface area contributed by atoms with E-state index in [-0.39, 0.29) is 6.01 Å². The van der Waals surface area contributed by atoms with Crippen LogP contribution in [0.5, 0.6) is 5.75 Å². The summed E-state index contributed by atoms with van der Waals surface area (Å²) in [7, 11) is 0. The second-order valence-electron chi connectivity index (χ2n) is 5.25. The van der Waals surface area contributed by atoms with E-state index in [2.05, 4.69) is 9.97 Å². The molecule has 0 saturated heterocycles. The molecular weight excluding hydrogens is 290 g/mol. The second-order valence-corrected chi connectivity index (χ2v) is 5.25. The van der Waals surface area contributed by atoms with Crippen molar-refractivity contribution in [1.29, 1.82) is 0 Å². The lowest BCUT2D eigenvalue weighted by Crippen LogP contribution is -1.94. The molecule has 0 atom stereocenters. The number of nitrogens with zero attached hydrogens (tertiary/aromatic N) is 1. The molecule has 0 spiro atoms. The minimum absolute atomic E-state index is 0.164. The Hall–Kier alpha value is -3.21. The Kier molecular flexibility index (Phi) is 3.24. The summed E-state index contributed by atoms with van der Waals surface area (Å²) in [6, 6.07) is 16.2. The Morgan fingerprint density at radius 2 is 2.00 bits per heavy atom. The maximum atomic E-state index is 5.85. The molecule has 2 aromatic carbocycles. The summed E-state index contributed by atoms with van der Waals surface area (Å²) in [5.74, 6) is 0.814. The number of benzene rings is 2. The van der Waals surface area contributed by atoms with Crippen LogP contribution in [0, 0.1) is 0 Å². The number of aromatic nitrogens is 2. The molecule has 0 aliphatic rings. The van der Waals surface area contributed by atoms with E-state index >= 15 is 0 Å². The van der Waals surface area contributed by atoms with E-state index in [9.17, 15) is 0 Å². The van der Waals surface area contributed by atoms with E-state index in [4.69, 9.17) is 14.9 Å². The number of nitrogen functional groups attached to an aromatic ring is 1. The van der Waals surface area contributed by atoms with Gasteiger partial charge < -0.3 is 19.9 Å². The van der Waals surface area contributed by atoms with Gasteiger partial charge in [0.25, 0.3) is 6.01 Å². The fourth-order valence-electron chi connectivity index (χ4n) is 2.56. The van der Waals surface area contributed by atoms with Crippen molar-refractivity contribution in [3.8, 4) is 17.0 Å². The van der Waals surface area contributed by atoms with E-state index in [1.807, 2.05) is 54.7 Å². The summed E-state index contributed by atoms with van der Waals surface area (Å²) in [5, 5.41) is 1.05. The van der Waals surface area contributed by atoms with E-state index in [1.54, 1.807) is 6.26 Å². The minimum Gasteiger partial charge on any atom is -0.489 e. The molecule has 0 aliphatic carbocycles. The highest BCUT2D eigenvalue weighted by Crippen LogP contribution is 2.30. The average Bonchev–Trinajstić information content (AvgIpc) is 3.19. The fraction of sp³-hybridized carbons (Fsp3) is 0.0556. The molecule has 0 saturated carbocycles. The standard InChI is InChI=1S/C18H15N3O2/c19-18-21-17(11-23-18)15-9-20-16-8-13(6-7-14(15)16)22-10-12-4-2-1-3-5-12/h1-9,11,20H,10H2,(H2,19,21). The maximum Gasteiger partial charge on any atom is 0.292 e. The first-order valence-corrected chi connectivity index (χ1v) is 7.29. The van der Waals surface area contributed by atoms with Crippen molar-refractivity contribution in [3.05, 3.63) is 66.6 Å². The molecular formula is C18H15N3O2. The van der Waals surface area contributed by atoms with E-state index in [1.165, 1.54) is 0 Å². The molecule has 5 nitrogen and oxygen atoms in total. The molecule has 0 unspecified atom stereocenters. The zero-order valence-corrected chi connectivity index (χ0v) is 12.3. The number of anilines is 1.